The van der Waals surface area contributed by atoms with Crippen molar-refractivity contribution in [3.63, 3.8) is 0 Å². The summed E-state index contributed by atoms with van der Waals surface area (Å²) in [5.41, 5.74) is 3.82. The van der Waals surface area contributed by atoms with E-state index in [1.807, 2.05) is 12.3 Å². The Kier molecular flexibility index (Phi) is 3.00. The molecule has 102 valence electrons. The Morgan fingerprint density at radius 1 is 1.32 bits per heavy atom. The fourth-order valence-corrected chi connectivity index (χ4v) is 3.28. The van der Waals surface area contributed by atoms with Crippen molar-refractivity contribution in [3.8, 4) is 0 Å². The number of H-pyrrole nitrogens is 1. The molecule has 1 atom stereocenters. The first-order valence-electron chi connectivity index (χ1n) is 7.26. The van der Waals surface area contributed by atoms with E-state index in [9.17, 15) is 0 Å². The number of piperidine rings is 1. The summed E-state index contributed by atoms with van der Waals surface area (Å²) in [6, 6.07) is 4.68. The summed E-state index contributed by atoms with van der Waals surface area (Å²) in [4.78, 5) is 10.5. The van der Waals surface area contributed by atoms with E-state index in [2.05, 4.69) is 47.9 Å². The van der Waals surface area contributed by atoms with Crippen molar-refractivity contribution in [2.45, 2.75) is 46.1 Å². The number of nitrogens with one attached hydrogen (secondary N) is 1. The molecule has 1 unspecified atom stereocenters. The first-order valence-corrected chi connectivity index (χ1v) is 7.26. The maximum atomic E-state index is 4.56. The predicted octanol–water partition coefficient (Wildman–Crippen LogP) is 3.97. The Morgan fingerprint density at radius 2 is 2.16 bits per heavy atom. The zero-order chi connectivity index (χ0) is 13.5. The number of aromatic nitrogens is 2. The van der Waals surface area contributed by atoms with E-state index in [0.717, 1.165) is 17.6 Å². The number of hydrogen-bond donors (Lipinski definition) is 1. The highest BCUT2D eigenvalue weighted by Gasteiger charge is 2.33. The van der Waals surface area contributed by atoms with Crippen LogP contribution in [0.1, 0.15) is 40.0 Å². The molecule has 1 saturated heterocycles. The third-order valence-electron chi connectivity index (χ3n) is 4.23. The summed E-state index contributed by atoms with van der Waals surface area (Å²) >= 11 is 0. The van der Waals surface area contributed by atoms with Crippen LogP contribution in [-0.4, -0.2) is 22.6 Å². The lowest BCUT2D eigenvalue weighted by atomic mass is 9.80. The van der Waals surface area contributed by atoms with E-state index in [1.54, 1.807) is 0 Å². The molecular formula is C16H23N3. The van der Waals surface area contributed by atoms with Crippen LogP contribution in [0.15, 0.2) is 24.5 Å². The summed E-state index contributed by atoms with van der Waals surface area (Å²) in [6.07, 6.45) is 7.92. The average Bonchev–Trinajstić information content (AvgIpc) is 2.81. The predicted molar refractivity (Wildman–Crippen MR) is 80.5 cm³/mol. The molecule has 19 heavy (non-hydrogen) atoms. The van der Waals surface area contributed by atoms with Gasteiger partial charge in [-0.1, -0.05) is 20.8 Å². The van der Waals surface area contributed by atoms with Crippen molar-refractivity contribution in [2.75, 3.05) is 11.4 Å². The number of rotatable bonds is 1. The van der Waals surface area contributed by atoms with Crippen molar-refractivity contribution < 1.29 is 0 Å². The van der Waals surface area contributed by atoms with Gasteiger partial charge in [0, 0.05) is 25.0 Å². The highest BCUT2D eigenvalue weighted by molar-refractivity contribution is 5.89. The standard InChI is InChI=1S/C16H23N3/c1-16(2,3)14-8-4-5-10-19(14)13-11-18-12-7-6-9-17-15(12)13/h6-7,9,11,14,18H,4-5,8,10H2,1-3H3. The zero-order valence-electron chi connectivity index (χ0n) is 12.1. The largest absolute Gasteiger partial charge is 0.365 e. The quantitative estimate of drug-likeness (QED) is 0.838. The molecule has 3 heterocycles. The van der Waals surface area contributed by atoms with Crippen molar-refractivity contribution in [3.05, 3.63) is 24.5 Å². The first-order chi connectivity index (χ1) is 9.07. The lowest BCUT2D eigenvalue weighted by Gasteiger charge is -2.44. The molecule has 0 radical (unpaired) electrons. The SMILES string of the molecule is CC(C)(C)C1CCCCN1c1c[nH]c2cccnc12. The van der Waals surface area contributed by atoms with Gasteiger partial charge < -0.3 is 9.88 Å². The summed E-state index contributed by atoms with van der Waals surface area (Å²) in [5, 5.41) is 0. The van der Waals surface area contributed by atoms with E-state index in [4.69, 9.17) is 0 Å². The number of nitrogens with zero attached hydrogens (tertiary/aromatic N) is 2. The highest BCUT2D eigenvalue weighted by Crippen LogP contribution is 2.37. The highest BCUT2D eigenvalue weighted by atomic mass is 15.2. The molecule has 2 aromatic heterocycles. The second-order valence-corrected chi connectivity index (χ2v) is 6.64. The molecule has 0 spiro atoms. The maximum Gasteiger partial charge on any atom is 0.111 e. The van der Waals surface area contributed by atoms with Gasteiger partial charge >= 0.3 is 0 Å². The average molecular weight is 257 g/mol. The number of aromatic amines is 1. The van der Waals surface area contributed by atoms with Crippen molar-refractivity contribution in [1.82, 2.24) is 9.97 Å². The summed E-state index contributed by atoms with van der Waals surface area (Å²) in [5.74, 6) is 0. The van der Waals surface area contributed by atoms with Gasteiger partial charge in [-0.15, -0.1) is 0 Å². The Labute approximate surface area is 115 Å². The molecule has 3 rings (SSSR count). The topological polar surface area (TPSA) is 31.9 Å². The van der Waals surface area contributed by atoms with Crippen LogP contribution in [0.4, 0.5) is 5.69 Å². The van der Waals surface area contributed by atoms with E-state index in [1.165, 1.54) is 24.9 Å². The lowest BCUT2D eigenvalue weighted by Crippen LogP contribution is -2.47. The third kappa shape index (κ3) is 2.22. The molecule has 0 saturated carbocycles. The minimum Gasteiger partial charge on any atom is -0.365 e. The van der Waals surface area contributed by atoms with Crippen molar-refractivity contribution in [2.24, 2.45) is 5.41 Å². The van der Waals surface area contributed by atoms with Crippen LogP contribution in [0.2, 0.25) is 0 Å². The molecule has 3 nitrogen and oxygen atoms in total. The molecule has 1 fully saturated rings. The van der Waals surface area contributed by atoms with Crippen molar-refractivity contribution >= 4 is 16.7 Å². The van der Waals surface area contributed by atoms with Gasteiger partial charge in [-0.05, 0) is 36.8 Å². The van der Waals surface area contributed by atoms with Gasteiger partial charge in [-0.2, -0.15) is 0 Å². The monoisotopic (exact) mass is 257 g/mol. The van der Waals surface area contributed by atoms with E-state index < -0.39 is 0 Å². The minimum atomic E-state index is 0.304. The normalized spacial score (nSPS) is 21.0. The van der Waals surface area contributed by atoms with Gasteiger partial charge in [-0.25, -0.2) is 0 Å². The first kappa shape index (κ1) is 12.5. The molecule has 0 aromatic carbocycles. The molecule has 2 aromatic rings. The Hall–Kier alpha value is -1.51. The molecule has 0 amide bonds. The Bertz CT molecular complexity index is 565. The maximum absolute atomic E-state index is 4.56. The van der Waals surface area contributed by atoms with Crippen LogP contribution in [0.25, 0.3) is 11.0 Å². The van der Waals surface area contributed by atoms with Crippen molar-refractivity contribution in [1.29, 1.82) is 0 Å². The van der Waals surface area contributed by atoms with Crippen LogP contribution in [0, 0.1) is 5.41 Å². The van der Waals surface area contributed by atoms with Gasteiger partial charge in [-0.3, -0.25) is 4.98 Å². The fraction of sp³-hybridized carbons (Fsp3) is 0.562. The third-order valence-corrected chi connectivity index (χ3v) is 4.23. The fourth-order valence-electron chi connectivity index (χ4n) is 3.28. The van der Waals surface area contributed by atoms with E-state index >= 15 is 0 Å². The van der Waals surface area contributed by atoms with Gasteiger partial charge in [0.25, 0.3) is 0 Å². The van der Waals surface area contributed by atoms with Crippen LogP contribution >= 0.6 is 0 Å². The molecule has 1 N–H and O–H groups in total. The van der Waals surface area contributed by atoms with Crippen LogP contribution < -0.4 is 4.90 Å². The van der Waals surface area contributed by atoms with Gasteiger partial charge in [0.1, 0.15) is 5.52 Å². The molecule has 1 aliphatic rings. The van der Waals surface area contributed by atoms with Gasteiger partial charge in [0.15, 0.2) is 0 Å². The van der Waals surface area contributed by atoms with Gasteiger partial charge in [0.2, 0.25) is 0 Å². The Balaban J connectivity index is 2.03. The van der Waals surface area contributed by atoms with E-state index in [-0.39, 0.29) is 0 Å². The van der Waals surface area contributed by atoms with Crippen LogP contribution in [0.5, 0.6) is 0 Å². The summed E-state index contributed by atoms with van der Waals surface area (Å²) < 4.78 is 0. The molecule has 1 aliphatic heterocycles. The molecule has 3 heteroatoms. The zero-order valence-corrected chi connectivity index (χ0v) is 12.1. The number of anilines is 1. The minimum absolute atomic E-state index is 0.304. The number of hydrogen-bond acceptors (Lipinski definition) is 2. The molecule has 0 bridgehead atoms. The van der Waals surface area contributed by atoms with E-state index in [0.29, 0.717) is 11.5 Å². The molecule has 0 aliphatic carbocycles. The second kappa shape index (κ2) is 4.55. The van der Waals surface area contributed by atoms with Gasteiger partial charge in [0.05, 0.1) is 11.2 Å². The summed E-state index contributed by atoms with van der Waals surface area (Å²) in [7, 11) is 0. The lowest BCUT2D eigenvalue weighted by molar-refractivity contribution is 0.262. The van der Waals surface area contributed by atoms with Crippen LogP contribution in [0.3, 0.4) is 0 Å². The smallest absolute Gasteiger partial charge is 0.111 e. The number of pyridine rings is 1. The number of fused-ring (bicyclic) bond motifs is 1. The second-order valence-electron chi connectivity index (χ2n) is 6.64. The summed E-state index contributed by atoms with van der Waals surface area (Å²) in [6.45, 7) is 8.18. The molecular weight excluding hydrogens is 234 g/mol. The Morgan fingerprint density at radius 3 is 2.95 bits per heavy atom. The van der Waals surface area contributed by atoms with Crippen LogP contribution in [-0.2, 0) is 0 Å².